The maximum atomic E-state index is 13.9. The first kappa shape index (κ1) is 14.5. The van der Waals surface area contributed by atoms with Crippen LogP contribution in [0.3, 0.4) is 0 Å². The zero-order chi connectivity index (χ0) is 14.9. The molecule has 6 heteroatoms. The second kappa shape index (κ2) is 5.73. The van der Waals surface area contributed by atoms with E-state index >= 15 is 0 Å². The van der Waals surface area contributed by atoms with Gasteiger partial charge in [-0.3, -0.25) is 0 Å². The summed E-state index contributed by atoms with van der Waals surface area (Å²) >= 11 is 6.02. The highest BCUT2D eigenvalue weighted by Crippen LogP contribution is 2.35. The highest BCUT2D eigenvalue weighted by atomic mass is 35.5. The molecule has 2 aromatic rings. The second-order valence-electron chi connectivity index (χ2n) is 5.59. The molecule has 0 spiro atoms. The largest absolute Gasteiger partial charge is 0.334 e. The Balaban J connectivity index is 1.96. The van der Waals surface area contributed by atoms with Crippen molar-refractivity contribution in [3.8, 4) is 11.5 Å². The maximum absolute atomic E-state index is 13.9. The molecule has 21 heavy (non-hydrogen) atoms. The van der Waals surface area contributed by atoms with Crippen LogP contribution in [-0.4, -0.2) is 10.1 Å². The van der Waals surface area contributed by atoms with Crippen molar-refractivity contribution >= 4 is 11.6 Å². The van der Waals surface area contributed by atoms with E-state index in [1.165, 1.54) is 25.0 Å². The minimum Gasteiger partial charge on any atom is -0.334 e. The summed E-state index contributed by atoms with van der Waals surface area (Å²) in [5, 5.41) is 4.22. The molecule has 112 valence electrons. The maximum Gasteiger partial charge on any atom is 0.262 e. The molecular formula is C15H17ClFN3O. The predicted molar refractivity (Wildman–Crippen MR) is 78.3 cm³/mol. The number of rotatable bonds is 2. The fraction of sp³-hybridized carbons (Fsp3) is 0.467. The van der Waals surface area contributed by atoms with E-state index in [0.29, 0.717) is 5.82 Å². The molecule has 2 N–H and O–H groups in total. The van der Waals surface area contributed by atoms with Crippen LogP contribution in [-0.2, 0) is 5.54 Å². The summed E-state index contributed by atoms with van der Waals surface area (Å²) in [6, 6.07) is 4.44. The molecule has 0 atom stereocenters. The molecule has 0 bridgehead atoms. The van der Waals surface area contributed by atoms with Crippen molar-refractivity contribution < 1.29 is 8.91 Å². The Labute approximate surface area is 127 Å². The van der Waals surface area contributed by atoms with Gasteiger partial charge in [-0.25, -0.2) is 4.39 Å². The smallest absolute Gasteiger partial charge is 0.262 e. The van der Waals surface area contributed by atoms with E-state index in [2.05, 4.69) is 10.1 Å². The lowest BCUT2D eigenvalue weighted by atomic mass is 9.91. The van der Waals surface area contributed by atoms with Gasteiger partial charge in [0.25, 0.3) is 5.89 Å². The van der Waals surface area contributed by atoms with Crippen LogP contribution in [0.4, 0.5) is 4.39 Å². The zero-order valence-electron chi connectivity index (χ0n) is 11.6. The van der Waals surface area contributed by atoms with Crippen LogP contribution in [0, 0.1) is 5.82 Å². The van der Waals surface area contributed by atoms with E-state index in [-0.39, 0.29) is 16.5 Å². The van der Waals surface area contributed by atoms with E-state index < -0.39 is 11.4 Å². The molecule has 4 nitrogen and oxygen atoms in total. The van der Waals surface area contributed by atoms with Crippen LogP contribution in [0.2, 0.25) is 5.02 Å². The molecule has 0 radical (unpaired) electrons. The molecule has 1 aliphatic rings. The highest BCUT2D eigenvalue weighted by molar-refractivity contribution is 6.33. The van der Waals surface area contributed by atoms with Gasteiger partial charge in [-0.2, -0.15) is 4.98 Å². The number of nitrogens with zero attached hydrogens (tertiary/aromatic N) is 2. The Morgan fingerprint density at radius 2 is 1.90 bits per heavy atom. The van der Waals surface area contributed by atoms with Crippen molar-refractivity contribution in [3.63, 3.8) is 0 Å². The monoisotopic (exact) mass is 309 g/mol. The Bertz CT molecular complexity index is 615. The molecule has 0 aliphatic heterocycles. The van der Waals surface area contributed by atoms with E-state index in [4.69, 9.17) is 21.9 Å². The lowest BCUT2D eigenvalue weighted by Crippen LogP contribution is -2.37. The van der Waals surface area contributed by atoms with Crippen molar-refractivity contribution in [2.45, 2.75) is 44.1 Å². The lowest BCUT2D eigenvalue weighted by Gasteiger charge is -2.23. The van der Waals surface area contributed by atoms with Crippen molar-refractivity contribution in [2.24, 2.45) is 5.73 Å². The van der Waals surface area contributed by atoms with Gasteiger partial charge >= 0.3 is 0 Å². The third-order valence-electron chi connectivity index (χ3n) is 4.04. The standard InChI is InChI=1S/C15H17ClFN3O/c16-10-6-5-7-11(17)12(10)13-19-14(20-21-13)15(18)8-3-1-2-4-9-15/h5-7H,1-4,8-9,18H2. The number of halogens is 2. The minimum atomic E-state index is -0.587. The summed E-state index contributed by atoms with van der Waals surface area (Å²) in [4.78, 5) is 4.31. The highest BCUT2D eigenvalue weighted by Gasteiger charge is 2.34. The Morgan fingerprint density at radius 1 is 1.19 bits per heavy atom. The van der Waals surface area contributed by atoms with Gasteiger partial charge in [-0.15, -0.1) is 0 Å². The summed E-state index contributed by atoms with van der Waals surface area (Å²) in [5.41, 5.74) is 5.98. The fourth-order valence-electron chi connectivity index (χ4n) is 2.81. The van der Waals surface area contributed by atoms with Gasteiger partial charge in [0.2, 0.25) is 0 Å². The SMILES string of the molecule is NC1(c2noc(-c3c(F)cccc3Cl)n2)CCCCCC1. The van der Waals surface area contributed by atoms with Gasteiger partial charge in [0, 0.05) is 0 Å². The van der Waals surface area contributed by atoms with Crippen molar-refractivity contribution in [3.05, 3.63) is 34.9 Å². The van der Waals surface area contributed by atoms with E-state index in [1.807, 2.05) is 0 Å². The number of benzene rings is 1. The van der Waals surface area contributed by atoms with Gasteiger partial charge in [0.15, 0.2) is 5.82 Å². The van der Waals surface area contributed by atoms with E-state index in [0.717, 1.165) is 25.7 Å². The van der Waals surface area contributed by atoms with Gasteiger partial charge in [-0.05, 0) is 25.0 Å². The van der Waals surface area contributed by atoms with Gasteiger partial charge in [-0.1, -0.05) is 48.5 Å². The fourth-order valence-corrected chi connectivity index (χ4v) is 3.06. The van der Waals surface area contributed by atoms with Crippen LogP contribution in [0.15, 0.2) is 22.7 Å². The van der Waals surface area contributed by atoms with Gasteiger partial charge in [0.1, 0.15) is 5.82 Å². The number of hydrogen-bond donors (Lipinski definition) is 1. The molecule has 1 heterocycles. The van der Waals surface area contributed by atoms with Crippen LogP contribution >= 0.6 is 11.6 Å². The predicted octanol–water partition coefficient (Wildman–Crippen LogP) is 4.04. The van der Waals surface area contributed by atoms with E-state index in [9.17, 15) is 4.39 Å². The number of hydrogen-bond acceptors (Lipinski definition) is 4. The molecule has 1 saturated carbocycles. The zero-order valence-corrected chi connectivity index (χ0v) is 12.4. The summed E-state index contributed by atoms with van der Waals surface area (Å²) in [5.74, 6) is 0.0468. The second-order valence-corrected chi connectivity index (χ2v) is 6.00. The Morgan fingerprint density at radius 3 is 2.57 bits per heavy atom. The molecule has 1 aromatic heterocycles. The average molecular weight is 310 g/mol. The molecule has 1 aromatic carbocycles. The quantitative estimate of drug-likeness (QED) is 0.850. The number of aromatic nitrogens is 2. The van der Waals surface area contributed by atoms with E-state index in [1.54, 1.807) is 6.07 Å². The van der Waals surface area contributed by atoms with Gasteiger partial charge in [0.05, 0.1) is 16.1 Å². The van der Waals surface area contributed by atoms with Crippen molar-refractivity contribution in [1.29, 1.82) is 0 Å². The molecule has 0 unspecified atom stereocenters. The topological polar surface area (TPSA) is 64.9 Å². The van der Waals surface area contributed by atoms with Crippen molar-refractivity contribution in [1.82, 2.24) is 10.1 Å². The van der Waals surface area contributed by atoms with Crippen LogP contribution < -0.4 is 5.73 Å². The van der Waals surface area contributed by atoms with Gasteiger partial charge < -0.3 is 10.3 Å². The molecule has 0 saturated heterocycles. The molecule has 1 aliphatic carbocycles. The minimum absolute atomic E-state index is 0.0853. The summed E-state index contributed by atoms with van der Waals surface area (Å²) in [7, 11) is 0. The summed E-state index contributed by atoms with van der Waals surface area (Å²) in [6.07, 6.45) is 6.06. The Kier molecular flexibility index (Phi) is 3.95. The first-order chi connectivity index (χ1) is 10.1. The van der Waals surface area contributed by atoms with Crippen LogP contribution in [0.1, 0.15) is 44.3 Å². The molecular weight excluding hydrogens is 293 g/mol. The van der Waals surface area contributed by atoms with Crippen LogP contribution in [0.5, 0.6) is 0 Å². The van der Waals surface area contributed by atoms with Crippen LogP contribution in [0.25, 0.3) is 11.5 Å². The third-order valence-corrected chi connectivity index (χ3v) is 4.36. The number of nitrogens with two attached hydrogens (primary N) is 1. The third kappa shape index (κ3) is 2.80. The normalized spacial score (nSPS) is 18.4. The Hall–Kier alpha value is -1.46. The lowest BCUT2D eigenvalue weighted by molar-refractivity contribution is 0.334. The first-order valence-corrected chi connectivity index (χ1v) is 7.55. The molecule has 1 fully saturated rings. The molecule has 0 amide bonds. The summed E-state index contributed by atoms with van der Waals surface area (Å²) < 4.78 is 19.1. The summed E-state index contributed by atoms with van der Waals surface area (Å²) in [6.45, 7) is 0. The van der Waals surface area contributed by atoms with Crippen molar-refractivity contribution in [2.75, 3.05) is 0 Å². The molecule has 3 rings (SSSR count). The average Bonchev–Trinajstić information content (AvgIpc) is 2.83. The first-order valence-electron chi connectivity index (χ1n) is 7.18.